The third-order valence-corrected chi connectivity index (χ3v) is 4.36. The van der Waals surface area contributed by atoms with E-state index in [0.29, 0.717) is 18.8 Å². The summed E-state index contributed by atoms with van der Waals surface area (Å²) in [7, 11) is 0. The zero-order chi connectivity index (χ0) is 18.0. The molecule has 2 aromatic rings. The van der Waals surface area contributed by atoms with Crippen LogP contribution >= 0.6 is 0 Å². The number of aromatic nitrogens is 2. The van der Waals surface area contributed by atoms with Gasteiger partial charge in [0.25, 0.3) is 5.56 Å². The van der Waals surface area contributed by atoms with E-state index < -0.39 is 0 Å². The molecule has 25 heavy (non-hydrogen) atoms. The number of piperazine rings is 1. The van der Waals surface area contributed by atoms with Crippen LogP contribution in [0.5, 0.6) is 0 Å². The van der Waals surface area contributed by atoms with Crippen LogP contribution < -0.4 is 10.5 Å². The third kappa shape index (κ3) is 3.60. The molecule has 7 heteroatoms. The molecule has 0 atom stereocenters. The average Bonchev–Trinajstić information content (AvgIpc) is 2.60. The van der Waals surface area contributed by atoms with Crippen molar-refractivity contribution in [2.45, 2.75) is 20.4 Å². The van der Waals surface area contributed by atoms with Crippen molar-refractivity contribution in [2.24, 2.45) is 0 Å². The molecule has 0 bridgehead atoms. The smallest absolute Gasteiger partial charge is 0.267 e. The molecule has 0 radical (unpaired) electrons. The lowest BCUT2D eigenvalue weighted by Gasteiger charge is -2.34. The number of para-hydroxylation sites is 1. The van der Waals surface area contributed by atoms with Crippen LogP contribution in [0.2, 0.25) is 0 Å². The van der Waals surface area contributed by atoms with Gasteiger partial charge in [0.15, 0.2) is 0 Å². The lowest BCUT2D eigenvalue weighted by molar-refractivity contribution is -0.137. The Hall–Kier alpha value is -2.96. The summed E-state index contributed by atoms with van der Waals surface area (Å²) in [5.41, 5.74) is 2.01. The maximum atomic E-state index is 12.5. The third-order valence-electron chi connectivity index (χ3n) is 4.36. The van der Waals surface area contributed by atoms with Crippen LogP contribution in [0.3, 0.4) is 0 Å². The predicted octanol–water partition coefficient (Wildman–Crippen LogP) is 0.736. The van der Waals surface area contributed by atoms with Gasteiger partial charge in [-0.3, -0.25) is 14.4 Å². The number of rotatable bonds is 3. The molecule has 1 saturated heterocycles. The number of anilines is 1. The summed E-state index contributed by atoms with van der Waals surface area (Å²) < 4.78 is 1.15. The number of nitrogens with zero attached hydrogens (tertiary/aromatic N) is 4. The highest BCUT2D eigenvalue weighted by atomic mass is 16.2. The van der Waals surface area contributed by atoms with Crippen molar-refractivity contribution < 1.29 is 9.59 Å². The van der Waals surface area contributed by atoms with Crippen LogP contribution in [0.25, 0.3) is 0 Å². The molecular weight excluding hydrogens is 320 g/mol. The summed E-state index contributed by atoms with van der Waals surface area (Å²) in [6, 6.07) is 10.8. The van der Waals surface area contributed by atoms with Crippen molar-refractivity contribution >= 4 is 17.5 Å². The Kier molecular flexibility index (Phi) is 4.65. The lowest BCUT2D eigenvalue weighted by Crippen LogP contribution is -2.53. The molecule has 7 nitrogen and oxygen atoms in total. The molecule has 1 aromatic carbocycles. The van der Waals surface area contributed by atoms with Crippen LogP contribution in [0.4, 0.5) is 5.69 Å². The van der Waals surface area contributed by atoms with Crippen LogP contribution in [-0.4, -0.2) is 46.1 Å². The molecule has 1 fully saturated rings. The molecular formula is C18H20N4O3. The fraction of sp³-hybridized carbons (Fsp3) is 0.333. The molecule has 0 aliphatic carbocycles. The van der Waals surface area contributed by atoms with Gasteiger partial charge in [0.05, 0.1) is 5.69 Å². The second kappa shape index (κ2) is 6.88. The number of hydrogen-bond acceptors (Lipinski definition) is 4. The minimum absolute atomic E-state index is 0.00726. The highest BCUT2D eigenvalue weighted by Crippen LogP contribution is 2.16. The fourth-order valence-electron chi connectivity index (χ4n) is 2.78. The van der Waals surface area contributed by atoms with Gasteiger partial charge in [-0.05, 0) is 31.5 Å². The Bertz CT molecular complexity index is 860. The molecule has 0 spiro atoms. The van der Waals surface area contributed by atoms with Gasteiger partial charge >= 0.3 is 0 Å². The molecule has 0 N–H and O–H groups in total. The number of amides is 2. The van der Waals surface area contributed by atoms with Crippen molar-refractivity contribution in [3.05, 3.63) is 58.0 Å². The standard InChI is InChI=1S/C18H20N4O3/c1-13-10-16(23)22(19-14(13)2)12-17(24)20-8-9-21(18(25)11-20)15-6-4-3-5-7-15/h3-7,10H,8-9,11-12H2,1-2H3. The van der Waals surface area contributed by atoms with Gasteiger partial charge < -0.3 is 9.80 Å². The van der Waals surface area contributed by atoms with E-state index in [0.717, 1.165) is 15.9 Å². The van der Waals surface area contributed by atoms with E-state index in [9.17, 15) is 14.4 Å². The minimum Gasteiger partial charge on any atom is -0.330 e. The summed E-state index contributed by atoms with van der Waals surface area (Å²) in [6.45, 7) is 4.31. The second-order valence-corrected chi connectivity index (χ2v) is 6.10. The molecule has 0 saturated carbocycles. The summed E-state index contributed by atoms with van der Waals surface area (Å²) in [6.07, 6.45) is 0. The van der Waals surface area contributed by atoms with E-state index in [-0.39, 0.29) is 30.5 Å². The van der Waals surface area contributed by atoms with Gasteiger partial charge in [-0.1, -0.05) is 18.2 Å². The number of benzene rings is 1. The monoisotopic (exact) mass is 340 g/mol. The molecule has 0 unspecified atom stereocenters. The molecule has 130 valence electrons. The number of carbonyl (C=O) groups excluding carboxylic acids is 2. The van der Waals surface area contributed by atoms with E-state index in [1.54, 1.807) is 18.7 Å². The highest BCUT2D eigenvalue weighted by molar-refractivity contribution is 5.97. The van der Waals surface area contributed by atoms with E-state index in [1.807, 2.05) is 30.3 Å². The predicted molar refractivity (Wildman–Crippen MR) is 93.3 cm³/mol. The Morgan fingerprint density at radius 1 is 1.12 bits per heavy atom. The first-order valence-electron chi connectivity index (χ1n) is 8.14. The first kappa shape index (κ1) is 16.9. The van der Waals surface area contributed by atoms with E-state index >= 15 is 0 Å². The van der Waals surface area contributed by atoms with Gasteiger partial charge in [0.2, 0.25) is 11.8 Å². The van der Waals surface area contributed by atoms with Gasteiger partial charge in [0, 0.05) is 24.8 Å². The minimum atomic E-state index is -0.314. The Morgan fingerprint density at radius 2 is 1.84 bits per heavy atom. The SMILES string of the molecule is Cc1cc(=O)n(CC(=O)N2CCN(c3ccccc3)C(=O)C2)nc1C. The molecule has 1 aromatic heterocycles. The number of aryl methyl sites for hydroxylation is 2. The molecule has 1 aliphatic heterocycles. The van der Waals surface area contributed by atoms with Crippen molar-refractivity contribution in [3.63, 3.8) is 0 Å². The van der Waals surface area contributed by atoms with E-state index in [1.165, 1.54) is 11.0 Å². The van der Waals surface area contributed by atoms with Crippen molar-refractivity contribution in [2.75, 3.05) is 24.5 Å². The number of carbonyl (C=O) groups is 2. The van der Waals surface area contributed by atoms with Crippen molar-refractivity contribution in [1.29, 1.82) is 0 Å². The lowest BCUT2D eigenvalue weighted by atomic mass is 10.2. The maximum absolute atomic E-state index is 12.5. The van der Waals surface area contributed by atoms with Crippen LogP contribution in [0, 0.1) is 13.8 Å². The Labute approximate surface area is 145 Å². The fourth-order valence-corrected chi connectivity index (χ4v) is 2.78. The highest BCUT2D eigenvalue weighted by Gasteiger charge is 2.28. The van der Waals surface area contributed by atoms with Crippen molar-refractivity contribution in [3.8, 4) is 0 Å². The second-order valence-electron chi connectivity index (χ2n) is 6.10. The van der Waals surface area contributed by atoms with E-state index in [2.05, 4.69) is 5.10 Å². The van der Waals surface area contributed by atoms with Crippen LogP contribution in [0.15, 0.2) is 41.2 Å². The summed E-state index contributed by atoms with van der Waals surface area (Å²) in [5.74, 6) is -0.412. The van der Waals surface area contributed by atoms with Gasteiger partial charge in [-0.2, -0.15) is 5.10 Å². The maximum Gasteiger partial charge on any atom is 0.267 e. The first-order chi connectivity index (χ1) is 12.0. The van der Waals surface area contributed by atoms with Gasteiger partial charge in [-0.25, -0.2) is 4.68 Å². The molecule has 1 aliphatic rings. The Morgan fingerprint density at radius 3 is 2.52 bits per heavy atom. The first-order valence-corrected chi connectivity index (χ1v) is 8.14. The Balaban J connectivity index is 1.68. The zero-order valence-electron chi connectivity index (χ0n) is 14.3. The molecule has 2 heterocycles. The van der Waals surface area contributed by atoms with E-state index in [4.69, 9.17) is 0 Å². The quantitative estimate of drug-likeness (QED) is 0.826. The summed E-state index contributed by atoms with van der Waals surface area (Å²) in [5, 5.41) is 4.15. The topological polar surface area (TPSA) is 75.5 Å². The zero-order valence-corrected chi connectivity index (χ0v) is 14.3. The molecule has 2 amide bonds. The van der Waals surface area contributed by atoms with Crippen molar-refractivity contribution in [1.82, 2.24) is 14.7 Å². The normalized spacial score (nSPS) is 14.7. The molecule has 3 rings (SSSR count). The number of hydrogen-bond donors (Lipinski definition) is 0. The van der Waals surface area contributed by atoms with Crippen LogP contribution in [0.1, 0.15) is 11.3 Å². The summed E-state index contributed by atoms with van der Waals surface area (Å²) in [4.78, 5) is 40.0. The van der Waals surface area contributed by atoms with Gasteiger partial charge in [0.1, 0.15) is 13.1 Å². The average molecular weight is 340 g/mol. The van der Waals surface area contributed by atoms with Gasteiger partial charge in [-0.15, -0.1) is 0 Å². The van der Waals surface area contributed by atoms with Crippen LogP contribution in [-0.2, 0) is 16.1 Å². The summed E-state index contributed by atoms with van der Waals surface area (Å²) >= 11 is 0. The largest absolute Gasteiger partial charge is 0.330 e.